The molecule has 0 N–H and O–H groups in total. The van der Waals surface area contributed by atoms with E-state index >= 15 is 0 Å². The van der Waals surface area contributed by atoms with Crippen LogP contribution in [0.5, 0.6) is 0 Å². The minimum atomic E-state index is -4.65. The van der Waals surface area contributed by atoms with Gasteiger partial charge in [-0.05, 0) is 62.6 Å². The Labute approximate surface area is 262 Å². The summed E-state index contributed by atoms with van der Waals surface area (Å²) in [6.07, 6.45) is -6.09. The first-order valence-corrected chi connectivity index (χ1v) is 15.5. The van der Waals surface area contributed by atoms with Crippen molar-refractivity contribution < 1.29 is 40.7 Å². The first-order valence-electron chi connectivity index (χ1n) is 15.5. The fourth-order valence-corrected chi connectivity index (χ4v) is 6.75. The Morgan fingerprint density at radius 3 is 2.07 bits per heavy atom. The number of likely N-dealkylation sites (tertiary alicyclic amines) is 2. The molecule has 7 nitrogen and oxygen atoms in total. The number of benzene rings is 2. The standard InChI is InChI=1S/C33H34F6N4O3/c34-32(35,36)23-5-3-21(4-6-23)28-19-27(26-8-7-24(33(37,38)39)18-29(26)40-28)31(45)41-12-9-25(10-13-41)43-11-1-2-22(20-43)30(44)42-14-16-46-17-15-42/h3-8,18-19,22,25H,1-2,9-17,20H2/t22-/m1/s1. The highest BCUT2D eigenvalue weighted by Crippen LogP contribution is 2.35. The fourth-order valence-electron chi connectivity index (χ4n) is 6.75. The molecule has 2 aromatic carbocycles. The van der Waals surface area contributed by atoms with Crippen molar-refractivity contribution in [2.24, 2.45) is 5.92 Å². The number of amides is 2. The van der Waals surface area contributed by atoms with Crippen LogP contribution in [0.2, 0.25) is 0 Å². The fraction of sp³-hybridized carbons (Fsp3) is 0.485. The molecule has 4 heterocycles. The number of morpholine rings is 1. The average molecular weight is 649 g/mol. The van der Waals surface area contributed by atoms with Gasteiger partial charge in [0.25, 0.3) is 5.91 Å². The molecule has 1 atom stereocenters. The molecule has 1 aromatic heterocycles. The molecule has 0 spiro atoms. The summed E-state index contributed by atoms with van der Waals surface area (Å²) in [4.78, 5) is 37.3. The van der Waals surface area contributed by atoms with E-state index in [-0.39, 0.29) is 51.5 Å². The summed E-state index contributed by atoms with van der Waals surface area (Å²) < 4.78 is 85.5. The van der Waals surface area contributed by atoms with Gasteiger partial charge in [-0.1, -0.05) is 18.2 Å². The second-order valence-electron chi connectivity index (χ2n) is 12.2. The number of alkyl halides is 6. The highest BCUT2D eigenvalue weighted by molar-refractivity contribution is 6.07. The summed E-state index contributed by atoms with van der Waals surface area (Å²) in [5.74, 6) is -0.277. The van der Waals surface area contributed by atoms with E-state index in [0.29, 0.717) is 58.8 Å². The molecule has 2 amide bonds. The molecule has 46 heavy (non-hydrogen) atoms. The van der Waals surface area contributed by atoms with Crippen LogP contribution in [0.3, 0.4) is 0 Å². The lowest BCUT2D eigenvalue weighted by Crippen LogP contribution is -2.53. The van der Waals surface area contributed by atoms with Crippen molar-refractivity contribution in [2.75, 3.05) is 52.5 Å². The van der Waals surface area contributed by atoms with Crippen LogP contribution in [-0.2, 0) is 21.9 Å². The summed E-state index contributed by atoms with van der Waals surface area (Å²) in [7, 11) is 0. The minimum Gasteiger partial charge on any atom is -0.378 e. The molecule has 3 aliphatic heterocycles. The first kappa shape index (κ1) is 32.2. The molecule has 3 aliphatic rings. The minimum absolute atomic E-state index is 0.0695. The van der Waals surface area contributed by atoms with Gasteiger partial charge >= 0.3 is 12.4 Å². The maximum atomic E-state index is 13.9. The first-order chi connectivity index (χ1) is 21.9. The lowest BCUT2D eigenvalue weighted by Gasteiger charge is -2.43. The largest absolute Gasteiger partial charge is 0.416 e. The third kappa shape index (κ3) is 6.85. The van der Waals surface area contributed by atoms with E-state index in [2.05, 4.69) is 9.88 Å². The van der Waals surface area contributed by atoms with Gasteiger partial charge in [0.15, 0.2) is 0 Å². The molecule has 13 heteroatoms. The van der Waals surface area contributed by atoms with Crippen LogP contribution in [-0.4, -0.2) is 90.0 Å². The summed E-state index contributed by atoms with van der Waals surface area (Å²) in [6.45, 7) is 4.70. The molecule has 0 unspecified atom stereocenters. The molecular weight excluding hydrogens is 614 g/mol. The Balaban J connectivity index is 1.21. The molecule has 3 aromatic rings. The van der Waals surface area contributed by atoms with E-state index in [1.807, 2.05) is 4.90 Å². The smallest absolute Gasteiger partial charge is 0.378 e. The quantitative estimate of drug-likeness (QED) is 0.320. The number of ether oxygens (including phenoxy) is 1. The lowest BCUT2D eigenvalue weighted by atomic mass is 9.92. The summed E-state index contributed by atoms with van der Waals surface area (Å²) >= 11 is 0. The van der Waals surface area contributed by atoms with E-state index in [9.17, 15) is 35.9 Å². The summed E-state index contributed by atoms with van der Waals surface area (Å²) in [5.41, 5.74) is -1.41. The van der Waals surface area contributed by atoms with Crippen molar-refractivity contribution in [1.29, 1.82) is 0 Å². The molecule has 3 fully saturated rings. The van der Waals surface area contributed by atoms with Crippen LogP contribution in [0.25, 0.3) is 22.2 Å². The van der Waals surface area contributed by atoms with E-state index < -0.39 is 23.5 Å². The second kappa shape index (κ2) is 12.8. The van der Waals surface area contributed by atoms with Gasteiger partial charge in [0.05, 0.1) is 47.0 Å². The molecule has 0 saturated carbocycles. The van der Waals surface area contributed by atoms with Gasteiger partial charge in [-0.2, -0.15) is 26.3 Å². The van der Waals surface area contributed by atoms with Gasteiger partial charge < -0.3 is 14.5 Å². The lowest BCUT2D eigenvalue weighted by molar-refractivity contribution is -0.142. The Morgan fingerprint density at radius 1 is 0.761 bits per heavy atom. The number of hydrogen-bond donors (Lipinski definition) is 0. The van der Waals surface area contributed by atoms with E-state index in [1.165, 1.54) is 24.3 Å². The van der Waals surface area contributed by atoms with Gasteiger partial charge in [0.2, 0.25) is 5.91 Å². The van der Waals surface area contributed by atoms with Gasteiger partial charge in [0.1, 0.15) is 0 Å². The monoisotopic (exact) mass is 648 g/mol. The molecule has 3 saturated heterocycles. The molecule has 0 radical (unpaired) electrons. The van der Waals surface area contributed by atoms with E-state index in [1.54, 1.807) is 4.90 Å². The Morgan fingerprint density at radius 2 is 1.41 bits per heavy atom. The number of carbonyl (C=O) groups excluding carboxylic acids is 2. The second-order valence-corrected chi connectivity index (χ2v) is 12.2. The average Bonchev–Trinajstić information content (AvgIpc) is 3.06. The zero-order chi connectivity index (χ0) is 32.6. The zero-order valence-electron chi connectivity index (χ0n) is 25.0. The van der Waals surface area contributed by atoms with Crippen LogP contribution in [0, 0.1) is 5.92 Å². The number of pyridine rings is 1. The van der Waals surface area contributed by atoms with E-state index in [0.717, 1.165) is 43.7 Å². The maximum absolute atomic E-state index is 13.9. The van der Waals surface area contributed by atoms with Crippen LogP contribution >= 0.6 is 0 Å². The summed E-state index contributed by atoms with van der Waals surface area (Å²) in [6, 6.07) is 8.75. The normalized spacial score (nSPS) is 20.7. The van der Waals surface area contributed by atoms with Crippen molar-refractivity contribution in [1.82, 2.24) is 19.7 Å². The number of nitrogens with zero attached hydrogens (tertiary/aromatic N) is 4. The number of piperidine rings is 2. The molecule has 6 rings (SSSR count). The molecular formula is C33H34F6N4O3. The SMILES string of the molecule is O=C(c1cc(-c2ccc(C(F)(F)F)cc2)nc2cc(C(F)(F)F)ccc12)N1CCC(N2CCC[C@@H](C(=O)N3CCOCC3)C2)CC1. The highest BCUT2D eigenvalue weighted by Gasteiger charge is 2.36. The topological polar surface area (TPSA) is 66.0 Å². The number of hydrogen-bond acceptors (Lipinski definition) is 5. The Kier molecular flexibility index (Phi) is 8.99. The predicted molar refractivity (Wildman–Crippen MR) is 158 cm³/mol. The third-order valence-electron chi connectivity index (χ3n) is 9.27. The van der Waals surface area contributed by atoms with Crippen LogP contribution in [0.4, 0.5) is 26.3 Å². The highest BCUT2D eigenvalue weighted by atomic mass is 19.4. The van der Waals surface area contributed by atoms with Crippen LogP contribution in [0.1, 0.15) is 47.2 Å². The number of carbonyl (C=O) groups is 2. The number of halogens is 6. The van der Waals surface area contributed by atoms with Crippen molar-refractivity contribution in [3.05, 3.63) is 65.2 Å². The van der Waals surface area contributed by atoms with Crippen molar-refractivity contribution in [3.63, 3.8) is 0 Å². The van der Waals surface area contributed by atoms with Gasteiger partial charge in [0, 0.05) is 49.7 Å². The summed E-state index contributed by atoms with van der Waals surface area (Å²) in [5, 5.41) is 0.233. The Bertz CT molecular complexity index is 1580. The van der Waals surface area contributed by atoms with Crippen molar-refractivity contribution >= 4 is 22.7 Å². The van der Waals surface area contributed by atoms with Crippen molar-refractivity contribution in [3.8, 4) is 11.3 Å². The van der Waals surface area contributed by atoms with Gasteiger partial charge in [-0.3, -0.25) is 14.5 Å². The molecule has 0 bridgehead atoms. The molecule has 0 aliphatic carbocycles. The number of aromatic nitrogens is 1. The zero-order valence-corrected chi connectivity index (χ0v) is 25.0. The Hall–Kier alpha value is -3.71. The van der Waals surface area contributed by atoms with Crippen LogP contribution < -0.4 is 0 Å². The third-order valence-corrected chi connectivity index (χ3v) is 9.27. The van der Waals surface area contributed by atoms with Gasteiger partial charge in [-0.15, -0.1) is 0 Å². The predicted octanol–water partition coefficient (Wildman–Crippen LogP) is 6.11. The van der Waals surface area contributed by atoms with Gasteiger partial charge in [-0.25, -0.2) is 4.98 Å². The number of fused-ring (bicyclic) bond motifs is 1. The molecule has 246 valence electrons. The van der Waals surface area contributed by atoms with E-state index in [4.69, 9.17) is 4.74 Å². The maximum Gasteiger partial charge on any atom is 0.416 e. The number of rotatable bonds is 4. The van der Waals surface area contributed by atoms with Crippen molar-refractivity contribution in [2.45, 2.75) is 44.1 Å². The van der Waals surface area contributed by atoms with Crippen LogP contribution in [0.15, 0.2) is 48.5 Å².